The van der Waals surface area contributed by atoms with Crippen LogP contribution < -0.4 is 4.90 Å². The van der Waals surface area contributed by atoms with E-state index in [9.17, 15) is 0 Å². The molecule has 15 rings (SSSR count). The van der Waals surface area contributed by atoms with Crippen LogP contribution in [-0.4, -0.2) is 0 Å². The second-order valence-corrected chi connectivity index (χ2v) is 22.6. The molecule has 2 aliphatic carbocycles. The topological polar surface area (TPSA) is 3.24 Å². The number of hydrogen-bond donors (Lipinski definition) is 0. The van der Waals surface area contributed by atoms with Crippen LogP contribution in [0.1, 0.15) is 68.0 Å². The van der Waals surface area contributed by atoms with Crippen LogP contribution in [0.2, 0.25) is 0 Å². The van der Waals surface area contributed by atoms with E-state index >= 15 is 0 Å². The van der Waals surface area contributed by atoms with Gasteiger partial charge < -0.3 is 4.90 Å². The van der Waals surface area contributed by atoms with E-state index in [1.54, 1.807) is 0 Å². The van der Waals surface area contributed by atoms with Crippen molar-refractivity contribution in [1.82, 2.24) is 0 Å². The molecule has 1 nitrogen and oxygen atoms in total. The molecule has 0 saturated heterocycles. The van der Waals surface area contributed by atoms with Crippen molar-refractivity contribution in [3.8, 4) is 33.4 Å². The average molecular weight is 1040 g/mol. The first-order valence-corrected chi connectivity index (χ1v) is 29.0. The summed E-state index contributed by atoms with van der Waals surface area (Å²) in [5.74, 6) is 0.321. The first-order valence-electron chi connectivity index (χ1n) is 29.0. The van der Waals surface area contributed by atoms with E-state index in [4.69, 9.17) is 0 Å². The van der Waals surface area contributed by atoms with E-state index in [-0.39, 0.29) is 0 Å². The zero-order valence-electron chi connectivity index (χ0n) is 45.7. The molecule has 0 fully saturated rings. The van der Waals surface area contributed by atoms with Gasteiger partial charge in [-0.1, -0.05) is 237 Å². The van der Waals surface area contributed by atoms with Crippen molar-refractivity contribution >= 4 is 49.4 Å². The van der Waals surface area contributed by atoms with Crippen LogP contribution in [0.3, 0.4) is 0 Å². The quantitative estimate of drug-likeness (QED) is 0.118. The molecule has 1 heteroatoms. The van der Waals surface area contributed by atoms with E-state index in [1.165, 1.54) is 121 Å². The van der Waals surface area contributed by atoms with Gasteiger partial charge in [0.15, 0.2) is 0 Å². The molecule has 13 aromatic rings. The maximum atomic E-state index is 2.66. The highest BCUT2D eigenvalue weighted by molar-refractivity contribution is 6.06. The highest BCUT2D eigenvalue weighted by Crippen LogP contribution is 2.60. The number of benzene rings is 13. The van der Waals surface area contributed by atoms with Gasteiger partial charge >= 0.3 is 0 Å². The lowest BCUT2D eigenvalue weighted by atomic mass is 9.66. The molecular formula is C80H61N. The van der Waals surface area contributed by atoms with Crippen molar-refractivity contribution in [3.63, 3.8) is 0 Å². The number of fused-ring (bicyclic) bond motifs is 10. The standard InChI is InChI=1S/C80H61N/c1-54-19-8-14-31-71(54)63(47-55-35-45-74-64(48-55)37-36-59-24-13-15-32-72(59)74)38-39-65-52-78-79(75-34-17-16-33-73(65)75)76-46-44-70(81(68-28-6-3-7-29-68)69-30-18-27-62(51-69)56-20-4-2-5-21-56)53-77(76)80(78,66-42-40-57-22-9-11-25-60(57)49-66)67-43-41-58-23-10-12-26-61(58)50-67/h2-35,40-46,48-53,63H,36-39,47H2,1H3. The molecule has 386 valence electrons. The predicted molar refractivity (Wildman–Crippen MR) is 342 cm³/mol. The minimum Gasteiger partial charge on any atom is -0.310 e. The van der Waals surface area contributed by atoms with Gasteiger partial charge in [-0.3, -0.25) is 0 Å². The summed E-state index contributed by atoms with van der Waals surface area (Å²) in [6, 6.07) is 108. The molecule has 0 aliphatic heterocycles. The second kappa shape index (κ2) is 20.3. The molecule has 2 aliphatic rings. The van der Waals surface area contributed by atoms with Crippen LogP contribution in [0.15, 0.2) is 285 Å². The fourth-order valence-electron chi connectivity index (χ4n) is 14.2. The maximum Gasteiger partial charge on any atom is 0.0715 e. The van der Waals surface area contributed by atoms with Gasteiger partial charge in [0.05, 0.1) is 5.41 Å². The molecular weight excluding hydrogens is 975 g/mol. The zero-order chi connectivity index (χ0) is 53.9. The molecule has 0 radical (unpaired) electrons. The lowest BCUT2D eigenvalue weighted by Gasteiger charge is -2.36. The zero-order valence-corrected chi connectivity index (χ0v) is 45.7. The molecule has 13 aromatic carbocycles. The first-order chi connectivity index (χ1) is 40.0. The second-order valence-electron chi connectivity index (χ2n) is 22.6. The van der Waals surface area contributed by atoms with E-state index in [2.05, 4.69) is 297 Å². The van der Waals surface area contributed by atoms with E-state index < -0.39 is 5.41 Å². The third-order valence-electron chi connectivity index (χ3n) is 18.1. The highest BCUT2D eigenvalue weighted by Gasteiger charge is 2.48. The highest BCUT2D eigenvalue weighted by atomic mass is 15.1. The Morgan fingerprint density at radius 1 is 0.395 bits per heavy atom. The summed E-state index contributed by atoms with van der Waals surface area (Å²) in [6.45, 7) is 2.31. The number of nitrogens with zero attached hydrogens (tertiary/aromatic N) is 1. The number of anilines is 3. The molecule has 0 bridgehead atoms. The molecule has 0 N–H and O–H groups in total. The van der Waals surface area contributed by atoms with Crippen molar-refractivity contribution in [1.29, 1.82) is 0 Å². The third-order valence-corrected chi connectivity index (χ3v) is 18.1. The fourth-order valence-corrected chi connectivity index (χ4v) is 14.2. The molecule has 0 heterocycles. The smallest absolute Gasteiger partial charge is 0.0715 e. The molecule has 0 aromatic heterocycles. The number of hydrogen-bond acceptors (Lipinski definition) is 1. The van der Waals surface area contributed by atoms with Gasteiger partial charge in [0.2, 0.25) is 0 Å². The molecule has 0 spiro atoms. The van der Waals surface area contributed by atoms with Gasteiger partial charge in [0.1, 0.15) is 0 Å². The largest absolute Gasteiger partial charge is 0.310 e. The monoisotopic (exact) mass is 1040 g/mol. The fraction of sp³-hybridized carbons (Fsp3) is 0.100. The van der Waals surface area contributed by atoms with Crippen molar-refractivity contribution in [2.75, 3.05) is 4.90 Å². The summed E-state index contributed by atoms with van der Waals surface area (Å²) in [5.41, 5.74) is 24.1. The summed E-state index contributed by atoms with van der Waals surface area (Å²) >= 11 is 0. The number of rotatable bonds is 12. The van der Waals surface area contributed by atoms with Gasteiger partial charge in [0, 0.05) is 17.1 Å². The van der Waals surface area contributed by atoms with Crippen molar-refractivity contribution < 1.29 is 0 Å². The van der Waals surface area contributed by atoms with Crippen molar-refractivity contribution in [2.24, 2.45) is 0 Å². The minimum atomic E-state index is -0.709. The Morgan fingerprint density at radius 2 is 0.988 bits per heavy atom. The average Bonchev–Trinajstić information content (AvgIpc) is 3.45. The van der Waals surface area contributed by atoms with Gasteiger partial charge in [0.25, 0.3) is 0 Å². The summed E-state index contributed by atoms with van der Waals surface area (Å²) < 4.78 is 0. The maximum absolute atomic E-state index is 2.66. The Morgan fingerprint density at radius 3 is 1.75 bits per heavy atom. The van der Waals surface area contributed by atoms with Crippen LogP contribution in [0.5, 0.6) is 0 Å². The first kappa shape index (κ1) is 48.6. The number of aryl methyl sites for hydroxylation is 4. The Labute approximate surface area is 476 Å². The van der Waals surface area contributed by atoms with Gasteiger partial charge in [-0.15, -0.1) is 0 Å². The Kier molecular flexibility index (Phi) is 12.2. The summed E-state index contributed by atoms with van der Waals surface area (Å²) in [5, 5.41) is 7.58. The van der Waals surface area contributed by atoms with E-state index in [0.717, 1.165) is 49.2 Å². The lowest BCUT2D eigenvalue weighted by molar-refractivity contribution is 0.618. The normalized spacial score (nSPS) is 13.3. The Balaban J connectivity index is 0.942. The van der Waals surface area contributed by atoms with Crippen molar-refractivity contribution in [2.45, 2.75) is 50.4 Å². The van der Waals surface area contributed by atoms with E-state index in [1.807, 2.05) is 0 Å². The van der Waals surface area contributed by atoms with Crippen molar-refractivity contribution in [3.05, 3.63) is 341 Å². The molecule has 1 atom stereocenters. The number of para-hydroxylation sites is 1. The van der Waals surface area contributed by atoms with Gasteiger partial charge in [-0.25, -0.2) is 0 Å². The Bertz CT molecular complexity index is 4450. The molecule has 1 unspecified atom stereocenters. The summed E-state index contributed by atoms with van der Waals surface area (Å²) in [6.07, 6.45) is 5.11. The van der Waals surface area contributed by atoms with Gasteiger partial charge in [-0.05, 0) is 215 Å². The predicted octanol–water partition coefficient (Wildman–Crippen LogP) is 20.7. The summed E-state index contributed by atoms with van der Waals surface area (Å²) in [4.78, 5) is 2.46. The molecule has 0 amide bonds. The summed E-state index contributed by atoms with van der Waals surface area (Å²) in [7, 11) is 0. The lowest BCUT2D eigenvalue weighted by Crippen LogP contribution is -2.29. The Hall–Kier alpha value is -9.56. The van der Waals surface area contributed by atoms with Crippen LogP contribution >= 0.6 is 0 Å². The molecule has 81 heavy (non-hydrogen) atoms. The molecule has 0 saturated carbocycles. The van der Waals surface area contributed by atoms with Crippen LogP contribution in [0, 0.1) is 6.92 Å². The SMILES string of the molecule is Cc1ccccc1C(CCc1cc2c(c3ccccc13)-c1ccc(N(c3ccccc3)c3cccc(-c4ccccc4)c3)cc1C2(c1ccc2ccccc2c1)c1ccc2ccccc2c1)Cc1ccc2c(c1)CCc1ccccc1-2. The van der Waals surface area contributed by atoms with Crippen LogP contribution in [0.4, 0.5) is 17.1 Å². The van der Waals surface area contributed by atoms with Crippen LogP contribution in [0.25, 0.3) is 65.7 Å². The van der Waals surface area contributed by atoms with Gasteiger partial charge in [-0.2, -0.15) is 0 Å². The van der Waals surface area contributed by atoms with E-state index in [0.29, 0.717) is 5.92 Å². The third kappa shape index (κ3) is 8.46. The van der Waals surface area contributed by atoms with Crippen LogP contribution in [-0.2, 0) is 31.1 Å². The minimum absolute atomic E-state index is 0.321.